The van der Waals surface area contributed by atoms with Crippen LogP contribution in [0.4, 0.5) is 0 Å². The number of carbonyl (C=O) groups excluding carboxylic acids is 1. The van der Waals surface area contributed by atoms with E-state index in [1.54, 1.807) is 22.7 Å². The summed E-state index contributed by atoms with van der Waals surface area (Å²) in [4.78, 5) is 12.3. The van der Waals surface area contributed by atoms with Crippen molar-refractivity contribution in [3.8, 4) is 0 Å². The van der Waals surface area contributed by atoms with Crippen LogP contribution in [0.1, 0.15) is 10.4 Å². The molecule has 0 aliphatic heterocycles. The molecule has 0 bridgehead atoms. The second-order valence-electron chi connectivity index (χ2n) is 2.95. The molecule has 0 aliphatic rings. The van der Waals surface area contributed by atoms with Gasteiger partial charge < -0.3 is 5.73 Å². The van der Waals surface area contributed by atoms with Gasteiger partial charge in [0.2, 0.25) is 5.91 Å². The number of thiophene rings is 2. The highest BCUT2D eigenvalue weighted by Gasteiger charge is 2.08. The lowest BCUT2D eigenvalue weighted by Crippen LogP contribution is -2.12. The summed E-state index contributed by atoms with van der Waals surface area (Å²) in [6.45, 7) is 0. The van der Waals surface area contributed by atoms with Crippen molar-refractivity contribution in [3.05, 3.63) is 44.8 Å². The van der Waals surface area contributed by atoms with E-state index >= 15 is 0 Å². The van der Waals surface area contributed by atoms with Gasteiger partial charge in [0, 0.05) is 10.5 Å². The van der Waals surface area contributed by atoms with E-state index in [2.05, 4.69) is 0 Å². The number of hydrogen-bond acceptors (Lipinski definition) is 3. The molecule has 2 aromatic heterocycles. The summed E-state index contributed by atoms with van der Waals surface area (Å²) in [7, 11) is 0. The van der Waals surface area contributed by atoms with E-state index in [1.165, 1.54) is 0 Å². The molecule has 2 N–H and O–H groups in total. The summed E-state index contributed by atoms with van der Waals surface area (Å²) >= 11 is 3.14. The molecule has 2 rings (SSSR count). The zero-order valence-electron chi connectivity index (χ0n) is 7.84. The molecule has 1 amide bonds. The molecule has 2 nitrogen and oxygen atoms in total. The molecule has 15 heavy (non-hydrogen) atoms. The minimum Gasteiger partial charge on any atom is -0.366 e. The van der Waals surface area contributed by atoms with Crippen molar-refractivity contribution in [1.29, 1.82) is 0 Å². The van der Waals surface area contributed by atoms with Gasteiger partial charge in [-0.05, 0) is 39.9 Å². The summed E-state index contributed by atoms with van der Waals surface area (Å²) in [5.74, 6) is -0.387. The third kappa shape index (κ3) is 2.34. The lowest BCUT2D eigenvalue weighted by molar-refractivity contribution is -0.112. The van der Waals surface area contributed by atoms with Crippen LogP contribution < -0.4 is 5.73 Å². The summed E-state index contributed by atoms with van der Waals surface area (Å²) in [5, 5.41) is 5.82. The molecule has 76 valence electrons. The molecule has 2 aromatic rings. The van der Waals surface area contributed by atoms with Gasteiger partial charge in [0.05, 0.1) is 0 Å². The SMILES string of the molecule is NC(=O)C(=Cc1cccs1)c1ccsc1. The van der Waals surface area contributed by atoms with Gasteiger partial charge in [0.25, 0.3) is 0 Å². The molecular weight excluding hydrogens is 226 g/mol. The van der Waals surface area contributed by atoms with Crippen LogP contribution in [0, 0.1) is 0 Å². The maximum Gasteiger partial charge on any atom is 0.249 e. The first-order valence-electron chi connectivity index (χ1n) is 4.35. The van der Waals surface area contributed by atoms with Crippen LogP contribution >= 0.6 is 22.7 Å². The molecule has 0 aromatic carbocycles. The largest absolute Gasteiger partial charge is 0.366 e. The Morgan fingerprint density at radius 2 is 2.20 bits per heavy atom. The van der Waals surface area contributed by atoms with E-state index in [1.807, 2.05) is 40.4 Å². The smallest absolute Gasteiger partial charge is 0.249 e. The average molecular weight is 235 g/mol. The Kier molecular flexibility index (Phi) is 2.99. The maximum absolute atomic E-state index is 11.3. The Hall–Kier alpha value is -1.39. The highest BCUT2D eigenvalue weighted by molar-refractivity contribution is 7.11. The van der Waals surface area contributed by atoms with Crippen molar-refractivity contribution in [2.24, 2.45) is 5.73 Å². The van der Waals surface area contributed by atoms with Crippen molar-refractivity contribution in [2.75, 3.05) is 0 Å². The minimum absolute atomic E-state index is 0.387. The quantitative estimate of drug-likeness (QED) is 0.817. The maximum atomic E-state index is 11.3. The number of carbonyl (C=O) groups is 1. The Morgan fingerprint density at radius 1 is 1.33 bits per heavy atom. The van der Waals surface area contributed by atoms with Crippen LogP contribution in [0.25, 0.3) is 11.6 Å². The van der Waals surface area contributed by atoms with E-state index in [0.717, 1.165) is 10.4 Å². The summed E-state index contributed by atoms with van der Waals surface area (Å²) in [6, 6.07) is 5.80. The average Bonchev–Trinajstić information content (AvgIpc) is 2.87. The Morgan fingerprint density at radius 3 is 2.73 bits per heavy atom. The Labute approximate surface area is 95.7 Å². The molecule has 4 heteroatoms. The number of amides is 1. The molecule has 0 fully saturated rings. The van der Waals surface area contributed by atoms with E-state index < -0.39 is 0 Å². The summed E-state index contributed by atoms with van der Waals surface area (Å²) in [6.07, 6.45) is 1.83. The molecule has 0 atom stereocenters. The van der Waals surface area contributed by atoms with Crippen molar-refractivity contribution in [2.45, 2.75) is 0 Å². The molecule has 0 unspecified atom stereocenters. The number of primary amides is 1. The predicted octanol–water partition coefficient (Wildman–Crippen LogP) is 2.84. The van der Waals surface area contributed by atoms with Gasteiger partial charge in [-0.3, -0.25) is 4.79 Å². The minimum atomic E-state index is -0.387. The lowest BCUT2D eigenvalue weighted by Gasteiger charge is -1.98. The summed E-state index contributed by atoms with van der Waals surface area (Å²) in [5.41, 5.74) is 6.80. The van der Waals surface area contributed by atoms with Gasteiger partial charge in [0.1, 0.15) is 0 Å². The van der Waals surface area contributed by atoms with Gasteiger partial charge in [-0.1, -0.05) is 6.07 Å². The fraction of sp³-hybridized carbons (Fsp3) is 0. The molecule has 2 heterocycles. The van der Waals surface area contributed by atoms with E-state index in [4.69, 9.17) is 5.73 Å². The molecule has 0 saturated carbocycles. The Bertz CT molecular complexity index is 469. The fourth-order valence-corrected chi connectivity index (χ4v) is 2.54. The third-order valence-corrected chi connectivity index (χ3v) is 3.43. The van der Waals surface area contributed by atoms with Gasteiger partial charge in [-0.25, -0.2) is 0 Å². The van der Waals surface area contributed by atoms with E-state index in [-0.39, 0.29) is 5.91 Å². The Balaban J connectivity index is 2.41. The normalized spacial score (nSPS) is 11.6. The first-order chi connectivity index (χ1) is 7.27. The molecule has 0 saturated heterocycles. The van der Waals surface area contributed by atoms with Crippen LogP contribution in [-0.2, 0) is 4.79 Å². The monoisotopic (exact) mass is 235 g/mol. The lowest BCUT2D eigenvalue weighted by atomic mass is 10.1. The van der Waals surface area contributed by atoms with Crippen LogP contribution in [0.2, 0.25) is 0 Å². The third-order valence-electron chi connectivity index (χ3n) is 1.93. The number of rotatable bonds is 3. The second-order valence-corrected chi connectivity index (χ2v) is 4.71. The van der Waals surface area contributed by atoms with Crippen molar-refractivity contribution in [3.63, 3.8) is 0 Å². The fourth-order valence-electron chi connectivity index (χ4n) is 1.23. The van der Waals surface area contributed by atoms with Crippen molar-refractivity contribution < 1.29 is 4.79 Å². The van der Waals surface area contributed by atoms with Gasteiger partial charge in [0.15, 0.2) is 0 Å². The molecular formula is C11H9NOS2. The van der Waals surface area contributed by atoms with Crippen LogP contribution in [0.5, 0.6) is 0 Å². The van der Waals surface area contributed by atoms with Crippen LogP contribution in [0.3, 0.4) is 0 Å². The molecule has 0 radical (unpaired) electrons. The molecule has 0 aliphatic carbocycles. The predicted molar refractivity (Wildman–Crippen MR) is 65.7 cm³/mol. The van der Waals surface area contributed by atoms with Gasteiger partial charge in [-0.2, -0.15) is 11.3 Å². The first kappa shape index (κ1) is 10.1. The highest BCUT2D eigenvalue weighted by Crippen LogP contribution is 2.22. The molecule has 0 spiro atoms. The zero-order valence-corrected chi connectivity index (χ0v) is 9.48. The highest BCUT2D eigenvalue weighted by atomic mass is 32.1. The zero-order chi connectivity index (χ0) is 10.7. The van der Waals surface area contributed by atoms with Crippen LogP contribution in [-0.4, -0.2) is 5.91 Å². The number of nitrogens with two attached hydrogens (primary N) is 1. The van der Waals surface area contributed by atoms with E-state index in [0.29, 0.717) is 5.57 Å². The summed E-state index contributed by atoms with van der Waals surface area (Å²) < 4.78 is 0. The van der Waals surface area contributed by atoms with Crippen molar-refractivity contribution >= 4 is 40.2 Å². The first-order valence-corrected chi connectivity index (χ1v) is 6.17. The van der Waals surface area contributed by atoms with Crippen LogP contribution in [0.15, 0.2) is 34.3 Å². The topological polar surface area (TPSA) is 43.1 Å². The van der Waals surface area contributed by atoms with Crippen molar-refractivity contribution in [1.82, 2.24) is 0 Å². The number of hydrogen-bond donors (Lipinski definition) is 1. The van der Waals surface area contributed by atoms with Gasteiger partial charge in [-0.15, -0.1) is 11.3 Å². The standard InChI is InChI=1S/C11H9NOS2/c12-11(13)10(8-3-5-14-7-8)6-9-2-1-4-15-9/h1-7H,(H2,12,13). The van der Waals surface area contributed by atoms with Gasteiger partial charge >= 0.3 is 0 Å². The second kappa shape index (κ2) is 4.42. The van der Waals surface area contributed by atoms with E-state index in [9.17, 15) is 4.79 Å².